The van der Waals surface area contributed by atoms with Gasteiger partial charge in [0.15, 0.2) is 0 Å². The van der Waals surface area contributed by atoms with Gasteiger partial charge in [-0.2, -0.15) is 5.10 Å². The minimum absolute atomic E-state index is 0.314. The molecule has 1 N–H and O–H groups in total. The van der Waals surface area contributed by atoms with E-state index in [0.717, 1.165) is 17.7 Å². The molecule has 6 nitrogen and oxygen atoms in total. The molecule has 0 aliphatic heterocycles. The highest BCUT2D eigenvalue weighted by Crippen LogP contribution is 2.13. The SMILES string of the molecule is COC(=O)c1ccc(/C=N\NC(=O)c2ccc(OCCC(C)C)cc2)cc1. The number of methoxy groups -OCH3 is 1. The zero-order chi connectivity index (χ0) is 19.6. The molecule has 0 heterocycles. The summed E-state index contributed by atoms with van der Waals surface area (Å²) in [6.07, 6.45) is 2.49. The Bertz CT molecular complexity index is 781. The summed E-state index contributed by atoms with van der Waals surface area (Å²) in [6, 6.07) is 13.6. The van der Waals surface area contributed by atoms with Gasteiger partial charge in [-0.05, 0) is 54.3 Å². The van der Waals surface area contributed by atoms with Crippen LogP contribution in [0.1, 0.15) is 46.5 Å². The second-order valence-electron chi connectivity index (χ2n) is 6.37. The molecule has 0 aromatic heterocycles. The summed E-state index contributed by atoms with van der Waals surface area (Å²) in [7, 11) is 1.33. The topological polar surface area (TPSA) is 77.0 Å². The predicted molar refractivity (Wildman–Crippen MR) is 104 cm³/mol. The summed E-state index contributed by atoms with van der Waals surface area (Å²) in [5, 5.41) is 3.93. The van der Waals surface area contributed by atoms with Crippen LogP contribution < -0.4 is 10.2 Å². The number of nitrogens with zero attached hydrogens (tertiary/aromatic N) is 1. The maximum absolute atomic E-state index is 12.1. The first-order valence-corrected chi connectivity index (χ1v) is 8.74. The fourth-order valence-corrected chi connectivity index (χ4v) is 2.17. The Kier molecular flexibility index (Phi) is 7.55. The summed E-state index contributed by atoms with van der Waals surface area (Å²) in [6.45, 7) is 4.94. The van der Waals surface area contributed by atoms with Crippen LogP contribution in [-0.4, -0.2) is 31.8 Å². The number of carbonyl (C=O) groups is 2. The molecule has 0 fully saturated rings. The van der Waals surface area contributed by atoms with Gasteiger partial charge in [-0.1, -0.05) is 26.0 Å². The van der Waals surface area contributed by atoms with Gasteiger partial charge in [-0.15, -0.1) is 0 Å². The highest BCUT2D eigenvalue weighted by Gasteiger charge is 2.05. The lowest BCUT2D eigenvalue weighted by Crippen LogP contribution is -2.17. The van der Waals surface area contributed by atoms with E-state index in [0.29, 0.717) is 23.7 Å². The molecule has 142 valence electrons. The van der Waals surface area contributed by atoms with Crippen molar-refractivity contribution in [3.63, 3.8) is 0 Å². The lowest BCUT2D eigenvalue weighted by molar-refractivity contribution is 0.0600. The fourth-order valence-electron chi connectivity index (χ4n) is 2.17. The van der Waals surface area contributed by atoms with Gasteiger partial charge in [0.05, 0.1) is 25.5 Å². The van der Waals surface area contributed by atoms with Crippen molar-refractivity contribution in [2.24, 2.45) is 11.0 Å². The smallest absolute Gasteiger partial charge is 0.337 e. The third-order valence-corrected chi connectivity index (χ3v) is 3.79. The Labute approximate surface area is 159 Å². The van der Waals surface area contributed by atoms with Crippen molar-refractivity contribution in [2.75, 3.05) is 13.7 Å². The van der Waals surface area contributed by atoms with Gasteiger partial charge in [0.25, 0.3) is 5.91 Å². The van der Waals surface area contributed by atoms with E-state index in [2.05, 4.69) is 29.1 Å². The number of ether oxygens (including phenoxy) is 2. The maximum atomic E-state index is 12.1. The van der Waals surface area contributed by atoms with Gasteiger partial charge in [-0.3, -0.25) is 4.79 Å². The van der Waals surface area contributed by atoms with Crippen LogP contribution in [0.4, 0.5) is 0 Å². The number of hydrogen-bond donors (Lipinski definition) is 1. The van der Waals surface area contributed by atoms with Crippen molar-refractivity contribution < 1.29 is 19.1 Å². The number of hydrazone groups is 1. The van der Waals surface area contributed by atoms with E-state index in [9.17, 15) is 9.59 Å². The predicted octanol–water partition coefficient (Wildman–Crippen LogP) is 3.66. The molecule has 0 unspecified atom stereocenters. The van der Waals surface area contributed by atoms with Gasteiger partial charge in [0.2, 0.25) is 0 Å². The normalized spacial score (nSPS) is 10.8. The standard InChI is InChI=1S/C21H24N2O4/c1-15(2)12-13-27-19-10-8-17(9-11-19)20(24)23-22-14-16-4-6-18(7-5-16)21(25)26-3/h4-11,14-15H,12-13H2,1-3H3,(H,23,24)/b22-14-. The van der Waals surface area contributed by atoms with Crippen molar-refractivity contribution in [1.82, 2.24) is 5.43 Å². The Balaban J connectivity index is 1.85. The number of hydrogen-bond acceptors (Lipinski definition) is 5. The van der Waals surface area contributed by atoms with E-state index in [1.807, 2.05) is 0 Å². The maximum Gasteiger partial charge on any atom is 0.337 e. The van der Waals surface area contributed by atoms with Crippen LogP contribution >= 0.6 is 0 Å². The lowest BCUT2D eigenvalue weighted by atomic mass is 10.1. The number of amides is 1. The van der Waals surface area contributed by atoms with Gasteiger partial charge in [0.1, 0.15) is 5.75 Å². The van der Waals surface area contributed by atoms with E-state index in [1.54, 1.807) is 48.5 Å². The lowest BCUT2D eigenvalue weighted by Gasteiger charge is -2.08. The summed E-state index contributed by atoms with van der Waals surface area (Å²) < 4.78 is 10.3. The molecule has 2 rings (SSSR count). The average Bonchev–Trinajstić information content (AvgIpc) is 2.68. The summed E-state index contributed by atoms with van der Waals surface area (Å²) >= 11 is 0. The molecule has 2 aromatic carbocycles. The van der Waals surface area contributed by atoms with Crippen LogP contribution in [0.3, 0.4) is 0 Å². The first-order chi connectivity index (χ1) is 13.0. The molecule has 0 atom stereocenters. The molecule has 27 heavy (non-hydrogen) atoms. The van der Waals surface area contributed by atoms with Crippen LogP contribution in [-0.2, 0) is 4.74 Å². The molecule has 1 amide bonds. The molecule has 0 radical (unpaired) electrons. The third-order valence-electron chi connectivity index (χ3n) is 3.79. The quantitative estimate of drug-likeness (QED) is 0.438. The highest BCUT2D eigenvalue weighted by molar-refractivity contribution is 5.95. The Hall–Kier alpha value is -3.15. The molecule has 0 aliphatic rings. The summed E-state index contributed by atoms with van der Waals surface area (Å²) in [4.78, 5) is 23.5. The Morgan fingerprint density at radius 2 is 1.67 bits per heavy atom. The van der Waals surface area contributed by atoms with Crippen LogP contribution in [0, 0.1) is 5.92 Å². The number of esters is 1. The largest absolute Gasteiger partial charge is 0.494 e. The van der Waals surface area contributed by atoms with E-state index in [1.165, 1.54) is 13.3 Å². The van der Waals surface area contributed by atoms with Crippen LogP contribution in [0.5, 0.6) is 5.75 Å². The highest BCUT2D eigenvalue weighted by atomic mass is 16.5. The summed E-state index contributed by atoms with van der Waals surface area (Å²) in [5.74, 6) is 0.612. The second kappa shape index (κ2) is 10.1. The fraction of sp³-hybridized carbons (Fsp3) is 0.286. The zero-order valence-electron chi connectivity index (χ0n) is 15.8. The number of benzene rings is 2. The molecule has 0 bridgehead atoms. The van der Waals surface area contributed by atoms with E-state index < -0.39 is 5.97 Å². The molecule has 0 aliphatic carbocycles. The number of rotatable bonds is 8. The van der Waals surface area contributed by atoms with Gasteiger partial charge in [0, 0.05) is 5.56 Å². The van der Waals surface area contributed by atoms with Gasteiger partial charge >= 0.3 is 5.97 Å². The number of nitrogens with one attached hydrogen (secondary N) is 1. The minimum atomic E-state index is -0.400. The minimum Gasteiger partial charge on any atom is -0.494 e. The van der Waals surface area contributed by atoms with E-state index >= 15 is 0 Å². The van der Waals surface area contributed by atoms with E-state index in [4.69, 9.17) is 4.74 Å². The molecule has 2 aromatic rings. The second-order valence-corrected chi connectivity index (χ2v) is 6.37. The van der Waals surface area contributed by atoms with Crippen molar-refractivity contribution in [3.05, 3.63) is 65.2 Å². The van der Waals surface area contributed by atoms with Gasteiger partial charge in [-0.25, -0.2) is 10.2 Å². The monoisotopic (exact) mass is 368 g/mol. The van der Waals surface area contributed by atoms with Crippen molar-refractivity contribution >= 4 is 18.1 Å². The van der Waals surface area contributed by atoms with Crippen LogP contribution in [0.15, 0.2) is 53.6 Å². The van der Waals surface area contributed by atoms with Crippen molar-refractivity contribution in [3.8, 4) is 5.75 Å². The van der Waals surface area contributed by atoms with Crippen LogP contribution in [0.2, 0.25) is 0 Å². The molecular weight excluding hydrogens is 344 g/mol. The van der Waals surface area contributed by atoms with Crippen LogP contribution in [0.25, 0.3) is 0 Å². The molecule has 0 saturated heterocycles. The average molecular weight is 368 g/mol. The molecule has 0 spiro atoms. The molecular formula is C21H24N2O4. The summed E-state index contributed by atoms with van der Waals surface area (Å²) in [5.41, 5.74) is 4.16. The molecule has 6 heteroatoms. The van der Waals surface area contributed by atoms with Crippen molar-refractivity contribution in [1.29, 1.82) is 0 Å². The first kappa shape index (κ1) is 20.2. The van der Waals surface area contributed by atoms with E-state index in [-0.39, 0.29) is 5.91 Å². The number of carbonyl (C=O) groups excluding carboxylic acids is 2. The molecule has 0 saturated carbocycles. The Morgan fingerprint density at radius 1 is 1.04 bits per heavy atom. The van der Waals surface area contributed by atoms with Gasteiger partial charge < -0.3 is 9.47 Å². The first-order valence-electron chi connectivity index (χ1n) is 8.74. The Morgan fingerprint density at radius 3 is 2.26 bits per heavy atom. The zero-order valence-corrected chi connectivity index (χ0v) is 15.8. The van der Waals surface area contributed by atoms with Crippen molar-refractivity contribution in [2.45, 2.75) is 20.3 Å². The third kappa shape index (κ3) is 6.58.